The van der Waals surface area contributed by atoms with Crippen LogP contribution in [0, 0.1) is 0 Å². The van der Waals surface area contributed by atoms with Crippen LogP contribution in [0.3, 0.4) is 0 Å². The molecule has 0 bridgehead atoms. The SMILES string of the molecule is CCCCCC(C)OC(C)[O]. The van der Waals surface area contributed by atoms with Gasteiger partial charge in [0.25, 0.3) is 0 Å². The maximum Gasteiger partial charge on any atom is 0.188 e. The lowest BCUT2D eigenvalue weighted by Crippen LogP contribution is -2.14. The summed E-state index contributed by atoms with van der Waals surface area (Å²) in [4.78, 5) is 0. The van der Waals surface area contributed by atoms with E-state index in [1.54, 1.807) is 0 Å². The number of rotatable bonds is 6. The van der Waals surface area contributed by atoms with Crippen LogP contribution in [0.5, 0.6) is 0 Å². The van der Waals surface area contributed by atoms with Gasteiger partial charge in [0.05, 0.1) is 6.10 Å². The number of ether oxygens (including phenoxy) is 1. The summed E-state index contributed by atoms with van der Waals surface area (Å²) in [6.07, 6.45) is 3.91. The molecule has 0 aromatic carbocycles. The molecule has 11 heavy (non-hydrogen) atoms. The third-order valence-electron chi connectivity index (χ3n) is 1.64. The molecule has 0 N–H and O–H groups in total. The smallest absolute Gasteiger partial charge is 0.188 e. The van der Waals surface area contributed by atoms with Crippen molar-refractivity contribution in [3.8, 4) is 0 Å². The third kappa shape index (κ3) is 7.82. The summed E-state index contributed by atoms with van der Waals surface area (Å²) in [6, 6.07) is 0. The van der Waals surface area contributed by atoms with Gasteiger partial charge in [0.15, 0.2) is 6.29 Å². The minimum Gasteiger partial charge on any atom is -0.347 e. The van der Waals surface area contributed by atoms with Gasteiger partial charge in [-0.25, -0.2) is 5.11 Å². The highest BCUT2D eigenvalue weighted by Gasteiger charge is 2.05. The van der Waals surface area contributed by atoms with Crippen LogP contribution in [-0.2, 0) is 9.84 Å². The Bertz CT molecular complexity index is 81.6. The average molecular weight is 159 g/mol. The fraction of sp³-hybridized carbons (Fsp3) is 1.00. The summed E-state index contributed by atoms with van der Waals surface area (Å²) < 4.78 is 5.04. The van der Waals surface area contributed by atoms with Crippen molar-refractivity contribution in [2.45, 2.75) is 58.8 Å². The molecule has 0 saturated heterocycles. The molecule has 0 heterocycles. The highest BCUT2D eigenvalue weighted by molar-refractivity contribution is 4.50. The Morgan fingerprint density at radius 1 is 1.27 bits per heavy atom. The summed E-state index contributed by atoms with van der Waals surface area (Å²) >= 11 is 0. The van der Waals surface area contributed by atoms with E-state index in [0.29, 0.717) is 0 Å². The van der Waals surface area contributed by atoms with Crippen molar-refractivity contribution in [1.82, 2.24) is 0 Å². The van der Waals surface area contributed by atoms with E-state index in [4.69, 9.17) is 4.74 Å². The van der Waals surface area contributed by atoms with Crippen molar-refractivity contribution in [1.29, 1.82) is 0 Å². The zero-order valence-corrected chi connectivity index (χ0v) is 7.80. The van der Waals surface area contributed by atoms with Gasteiger partial charge in [-0.15, -0.1) is 0 Å². The van der Waals surface area contributed by atoms with Gasteiger partial charge in [0.2, 0.25) is 0 Å². The van der Waals surface area contributed by atoms with Crippen molar-refractivity contribution < 1.29 is 9.84 Å². The first-order valence-corrected chi connectivity index (χ1v) is 4.48. The van der Waals surface area contributed by atoms with Crippen LogP contribution in [0.1, 0.15) is 46.5 Å². The largest absolute Gasteiger partial charge is 0.347 e. The first-order valence-electron chi connectivity index (χ1n) is 4.48. The maximum atomic E-state index is 10.5. The highest BCUT2D eigenvalue weighted by atomic mass is 16.6. The molecule has 2 nitrogen and oxygen atoms in total. The molecular formula is C9H19O2. The van der Waals surface area contributed by atoms with Crippen molar-refractivity contribution in [3.63, 3.8) is 0 Å². The molecule has 0 rings (SSSR count). The molecule has 0 saturated carbocycles. The Kier molecular flexibility index (Phi) is 6.57. The zero-order chi connectivity index (χ0) is 8.69. The van der Waals surface area contributed by atoms with Gasteiger partial charge < -0.3 is 4.74 Å². The van der Waals surface area contributed by atoms with Crippen LogP contribution in [0.15, 0.2) is 0 Å². The van der Waals surface area contributed by atoms with Crippen LogP contribution >= 0.6 is 0 Å². The lowest BCUT2D eigenvalue weighted by Gasteiger charge is -2.12. The fourth-order valence-corrected chi connectivity index (χ4v) is 1.08. The Morgan fingerprint density at radius 2 is 1.91 bits per heavy atom. The molecule has 0 fully saturated rings. The molecule has 0 amide bonds. The minimum absolute atomic E-state index is 0.133. The van der Waals surface area contributed by atoms with Gasteiger partial charge in [0.1, 0.15) is 0 Å². The summed E-state index contributed by atoms with van der Waals surface area (Å²) in [5, 5.41) is 10.5. The van der Waals surface area contributed by atoms with Crippen molar-refractivity contribution >= 4 is 0 Å². The monoisotopic (exact) mass is 159 g/mol. The summed E-state index contributed by atoms with van der Waals surface area (Å²) in [7, 11) is 0. The molecule has 0 aliphatic carbocycles. The molecule has 2 unspecified atom stereocenters. The van der Waals surface area contributed by atoms with Crippen LogP contribution in [0.2, 0.25) is 0 Å². The van der Waals surface area contributed by atoms with Crippen molar-refractivity contribution in [3.05, 3.63) is 0 Å². The van der Waals surface area contributed by atoms with E-state index in [-0.39, 0.29) is 6.10 Å². The Labute approximate surface area is 69.6 Å². The van der Waals surface area contributed by atoms with Crippen molar-refractivity contribution in [2.24, 2.45) is 0 Å². The molecular weight excluding hydrogens is 140 g/mol. The molecule has 2 atom stereocenters. The van der Waals surface area contributed by atoms with Crippen LogP contribution < -0.4 is 0 Å². The molecule has 2 heteroatoms. The standard InChI is InChI=1S/C9H19O2/c1-4-5-6-7-8(2)11-9(3)10/h8-9H,4-7H2,1-3H3. The highest BCUT2D eigenvalue weighted by Crippen LogP contribution is 2.07. The minimum atomic E-state index is -0.869. The third-order valence-corrected chi connectivity index (χ3v) is 1.64. The van der Waals surface area contributed by atoms with E-state index in [2.05, 4.69) is 6.92 Å². The Hall–Kier alpha value is -0.0800. The molecule has 0 aromatic rings. The number of hydrogen-bond acceptors (Lipinski definition) is 1. The quantitative estimate of drug-likeness (QED) is 0.433. The second-order valence-corrected chi connectivity index (χ2v) is 3.01. The first-order chi connectivity index (χ1) is 5.16. The van der Waals surface area contributed by atoms with Gasteiger partial charge >= 0.3 is 0 Å². The first kappa shape index (κ1) is 10.9. The van der Waals surface area contributed by atoms with E-state index in [9.17, 15) is 5.11 Å². The van der Waals surface area contributed by atoms with E-state index in [1.807, 2.05) is 6.92 Å². The molecule has 0 aliphatic rings. The zero-order valence-electron chi connectivity index (χ0n) is 7.80. The lowest BCUT2D eigenvalue weighted by atomic mass is 10.1. The van der Waals surface area contributed by atoms with Crippen molar-refractivity contribution in [2.75, 3.05) is 0 Å². The lowest BCUT2D eigenvalue weighted by molar-refractivity contribution is -0.155. The summed E-state index contributed by atoms with van der Waals surface area (Å²) in [6.45, 7) is 5.67. The normalized spacial score (nSPS) is 16.4. The van der Waals surface area contributed by atoms with E-state index >= 15 is 0 Å². The van der Waals surface area contributed by atoms with E-state index in [1.165, 1.54) is 26.2 Å². The second-order valence-electron chi connectivity index (χ2n) is 3.01. The summed E-state index contributed by atoms with van der Waals surface area (Å²) in [5.41, 5.74) is 0. The average Bonchev–Trinajstić information content (AvgIpc) is 1.86. The predicted molar refractivity (Wildman–Crippen MR) is 44.8 cm³/mol. The van der Waals surface area contributed by atoms with Gasteiger partial charge in [-0.05, 0) is 20.3 Å². The maximum absolute atomic E-state index is 10.5. The topological polar surface area (TPSA) is 29.1 Å². The Balaban J connectivity index is 3.15. The molecule has 0 aromatic heterocycles. The molecule has 0 aliphatic heterocycles. The van der Waals surface area contributed by atoms with Crippen LogP contribution in [-0.4, -0.2) is 12.4 Å². The van der Waals surface area contributed by atoms with E-state index in [0.717, 1.165) is 6.42 Å². The van der Waals surface area contributed by atoms with Gasteiger partial charge in [-0.3, -0.25) is 0 Å². The molecule has 0 spiro atoms. The Morgan fingerprint density at radius 3 is 2.36 bits per heavy atom. The van der Waals surface area contributed by atoms with Crippen LogP contribution in [0.4, 0.5) is 0 Å². The summed E-state index contributed by atoms with van der Waals surface area (Å²) in [5.74, 6) is 0. The van der Waals surface area contributed by atoms with E-state index < -0.39 is 6.29 Å². The molecule has 1 radical (unpaired) electrons. The van der Waals surface area contributed by atoms with Crippen LogP contribution in [0.25, 0.3) is 0 Å². The number of unbranched alkanes of at least 4 members (excludes halogenated alkanes) is 2. The second kappa shape index (κ2) is 6.62. The van der Waals surface area contributed by atoms with Gasteiger partial charge in [-0.1, -0.05) is 26.2 Å². The van der Waals surface area contributed by atoms with Gasteiger partial charge in [-0.2, -0.15) is 0 Å². The predicted octanol–water partition coefficient (Wildman–Crippen LogP) is 2.75. The molecule has 67 valence electrons. The number of hydrogen-bond donors (Lipinski definition) is 0. The van der Waals surface area contributed by atoms with Gasteiger partial charge in [0, 0.05) is 0 Å². The fourth-order valence-electron chi connectivity index (χ4n) is 1.08.